The smallest absolute Gasteiger partial charge is 0.229 e. The zero-order valence-corrected chi connectivity index (χ0v) is 23.8. The summed E-state index contributed by atoms with van der Waals surface area (Å²) in [6, 6.07) is 15.6. The maximum atomic E-state index is 14.6. The predicted octanol–water partition coefficient (Wildman–Crippen LogP) is 5.76. The molecule has 1 heterocycles. The van der Waals surface area contributed by atoms with Crippen molar-refractivity contribution < 1.29 is 18.7 Å². The first-order valence-corrected chi connectivity index (χ1v) is 13.9. The zero-order valence-electron chi connectivity index (χ0n) is 23.8. The minimum Gasteiger partial charge on any atom is -0.491 e. The zero-order chi connectivity index (χ0) is 28.5. The number of hydrogen-bond acceptors (Lipinski definition) is 7. The summed E-state index contributed by atoms with van der Waals surface area (Å²) in [7, 11) is 1.63. The Bertz CT molecular complexity index is 1250. The van der Waals surface area contributed by atoms with Crippen LogP contribution >= 0.6 is 0 Å². The highest BCUT2D eigenvalue weighted by molar-refractivity contribution is 5.78. The molecule has 0 aliphatic heterocycles. The van der Waals surface area contributed by atoms with E-state index in [-0.39, 0.29) is 35.2 Å². The molecule has 4 rings (SSSR count). The Balaban J connectivity index is 1.29. The quantitative estimate of drug-likeness (QED) is 0.262. The Morgan fingerprint density at radius 3 is 2.45 bits per heavy atom. The maximum Gasteiger partial charge on any atom is 0.229 e. The van der Waals surface area contributed by atoms with Crippen LogP contribution in [0.25, 0.3) is 0 Å². The number of amides is 1. The van der Waals surface area contributed by atoms with Gasteiger partial charge < -0.3 is 25.4 Å². The second-order valence-electron chi connectivity index (χ2n) is 11.3. The van der Waals surface area contributed by atoms with Crippen molar-refractivity contribution >= 4 is 23.4 Å². The van der Waals surface area contributed by atoms with Crippen molar-refractivity contribution in [2.24, 2.45) is 0 Å². The van der Waals surface area contributed by atoms with Crippen molar-refractivity contribution in [2.75, 3.05) is 31.0 Å². The number of methoxy groups -OCH3 is 1. The highest BCUT2D eigenvalue weighted by Crippen LogP contribution is 2.25. The van der Waals surface area contributed by atoms with Crippen molar-refractivity contribution in [2.45, 2.75) is 70.4 Å². The Morgan fingerprint density at radius 1 is 1.02 bits per heavy atom. The van der Waals surface area contributed by atoms with Gasteiger partial charge >= 0.3 is 0 Å². The van der Waals surface area contributed by atoms with E-state index in [1.165, 1.54) is 5.56 Å². The van der Waals surface area contributed by atoms with Crippen LogP contribution in [0.2, 0.25) is 0 Å². The van der Waals surface area contributed by atoms with Crippen LogP contribution in [0.1, 0.15) is 57.6 Å². The van der Waals surface area contributed by atoms with Gasteiger partial charge in [0.25, 0.3) is 0 Å². The van der Waals surface area contributed by atoms with E-state index in [0.717, 1.165) is 42.5 Å². The number of aromatic nitrogens is 2. The van der Waals surface area contributed by atoms with E-state index in [9.17, 15) is 9.18 Å². The molecule has 214 valence electrons. The SMILES string of the molecule is COCCOc1ccc(Nc2ncc(F)c(NC3CCCC(NC(=O)Cc4ccc(C(C)(C)C)cc4)C3)n2)cc1. The maximum absolute atomic E-state index is 14.6. The number of ether oxygens (including phenoxy) is 2. The van der Waals surface area contributed by atoms with Crippen LogP contribution in [-0.4, -0.2) is 48.3 Å². The number of nitrogens with one attached hydrogen (secondary N) is 3. The third-order valence-corrected chi connectivity index (χ3v) is 6.98. The van der Waals surface area contributed by atoms with E-state index in [1.54, 1.807) is 7.11 Å². The molecule has 1 aliphatic rings. The molecule has 40 heavy (non-hydrogen) atoms. The van der Waals surface area contributed by atoms with Gasteiger partial charge in [-0.05, 0) is 66.5 Å². The highest BCUT2D eigenvalue weighted by atomic mass is 19.1. The Hall–Kier alpha value is -3.72. The molecule has 1 saturated carbocycles. The number of hydrogen-bond donors (Lipinski definition) is 3. The van der Waals surface area contributed by atoms with Crippen LogP contribution in [0.15, 0.2) is 54.7 Å². The molecule has 2 unspecified atom stereocenters. The largest absolute Gasteiger partial charge is 0.491 e. The van der Waals surface area contributed by atoms with Crippen molar-refractivity contribution in [3.8, 4) is 5.75 Å². The number of carbonyl (C=O) groups is 1. The summed E-state index contributed by atoms with van der Waals surface area (Å²) in [5.74, 6) is 0.645. The van der Waals surface area contributed by atoms with Crippen LogP contribution in [0.4, 0.5) is 21.8 Å². The molecule has 9 heteroatoms. The van der Waals surface area contributed by atoms with E-state index < -0.39 is 5.82 Å². The average Bonchev–Trinajstić information content (AvgIpc) is 2.92. The average molecular weight is 550 g/mol. The van der Waals surface area contributed by atoms with Crippen molar-refractivity contribution in [1.29, 1.82) is 0 Å². The number of carbonyl (C=O) groups excluding carboxylic acids is 1. The number of rotatable bonds is 11. The number of halogens is 1. The van der Waals surface area contributed by atoms with Gasteiger partial charge in [0.1, 0.15) is 12.4 Å². The van der Waals surface area contributed by atoms with Crippen LogP contribution in [-0.2, 0) is 21.4 Å². The lowest BCUT2D eigenvalue weighted by atomic mass is 9.86. The van der Waals surface area contributed by atoms with Crippen LogP contribution in [0, 0.1) is 5.82 Å². The molecular weight excluding hydrogens is 509 g/mol. The molecule has 1 aliphatic carbocycles. The number of anilines is 3. The highest BCUT2D eigenvalue weighted by Gasteiger charge is 2.25. The topological polar surface area (TPSA) is 97.4 Å². The third-order valence-electron chi connectivity index (χ3n) is 6.98. The standard InChI is InChI=1S/C31H40FN5O3/c1-31(2,3)22-10-8-21(9-11-22)18-28(38)34-24-6-5-7-25(19-24)35-29-27(32)20-33-30(37-29)36-23-12-14-26(15-13-23)40-17-16-39-4/h8-15,20,24-25H,5-7,16-19H2,1-4H3,(H,34,38)(H2,33,35,36,37). The van der Waals surface area contributed by atoms with E-state index >= 15 is 0 Å². The van der Waals surface area contributed by atoms with E-state index in [1.807, 2.05) is 36.4 Å². The summed E-state index contributed by atoms with van der Waals surface area (Å²) >= 11 is 0. The van der Waals surface area contributed by atoms with Crippen molar-refractivity contribution in [3.05, 3.63) is 71.7 Å². The van der Waals surface area contributed by atoms with Crippen LogP contribution < -0.4 is 20.7 Å². The fraction of sp³-hybridized carbons (Fsp3) is 0.452. The predicted molar refractivity (Wildman–Crippen MR) is 156 cm³/mol. The van der Waals surface area contributed by atoms with Gasteiger partial charge in [0.15, 0.2) is 11.6 Å². The van der Waals surface area contributed by atoms with E-state index in [0.29, 0.717) is 26.1 Å². The monoisotopic (exact) mass is 549 g/mol. The Kier molecular flexibility index (Phi) is 9.93. The van der Waals surface area contributed by atoms with Gasteiger partial charge in [-0.2, -0.15) is 4.98 Å². The molecule has 0 radical (unpaired) electrons. The minimum absolute atomic E-state index is 0.00368. The van der Waals surface area contributed by atoms with Crippen molar-refractivity contribution in [3.63, 3.8) is 0 Å². The molecule has 1 aromatic heterocycles. The molecule has 0 bridgehead atoms. The first-order valence-electron chi connectivity index (χ1n) is 13.9. The van der Waals surface area contributed by atoms with Crippen molar-refractivity contribution in [1.82, 2.24) is 15.3 Å². The molecule has 8 nitrogen and oxygen atoms in total. The molecule has 1 fully saturated rings. The minimum atomic E-state index is -0.516. The summed E-state index contributed by atoms with van der Waals surface area (Å²) in [4.78, 5) is 21.2. The van der Waals surface area contributed by atoms with E-state index in [4.69, 9.17) is 9.47 Å². The van der Waals surface area contributed by atoms with E-state index in [2.05, 4.69) is 58.8 Å². The summed E-state index contributed by atoms with van der Waals surface area (Å²) < 4.78 is 25.2. The fourth-order valence-corrected chi connectivity index (χ4v) is 4.77. The van der Waals surface area contributed by atoms with Gasteiger partial charge in [-0.1, -0.05) is 45.0 Å². The van der Waals surface area contributed by atoms with Gasteiger partial charge in [0.2, 0.25) is 11.9 Å². The second kappa shape index (κ2) is 13.6. The first kappa shape index (κ1) is 29.3. The van der Waals surface area contributed by atoms with Crippen LogP contribution in [0.3, 0.4) is 0 Å². The van der Waals surface area contributed by atoms with Gasteiger partial charge in [-0.3, -0.25) is 4.79 Å². The fourth-order valence-electron chi connectivity index (χ4n) is 4.77. The molecule has 3 aromatic rings. The molecule has 1 amide bonds. The summed E-state index contributed by atoms with van der Waals surface area (Å²) in [6.07, 6.45) is 4.90. The molecular formula is C31H40FN5O3. The van der Waals surface area contributed by atoms with Gasteiger partial charge in [0.05, 0.1) is 19.2 Å². The first-order chi connectivity index (χ1) is 19.2. The van der Waals surface area contributed by atoms with Gasteiger partial charge in [-0.15, -0.1) is 0 Å². The lowest BCUT2D eigenvalue weighted by Gasteiger charge is -2.30. The van der Waals surface area contributed by atoms with Crippen LogP contribution in [0.5, 0.6) is 5.75 Å². The molecule has 0 spiro atoms. The molecule has 2 aromatic carbocycles. The summed E-state index contributed by atoms with van der Waals surface area (Å²) in [5.41, 5.74) is 3.07. The Morgan fingerprint density at radius 2 is 1.75 bits per heavy atom. The summed E-state index contributed by atoms with van der Waals surface area (Å²) in [6.45, 7) is 7.50. The van der Waals surface area contributed by atoms with Gasteiger partial charge in [0, 0.05) is 24.9 Å². The molecule has 2 atom stereocenters. The molecule has 0 saturated heterocycles. The lowest BCUT2D eigenvalue weighted by Crippen LogP contribution is -2.42. The Labute approximate surface area is 236 Å². The lowest BCUT2D eigenvalue weighted by molar-refractivity contribution is -0.121. The van der Waals surface area contributed by atoms with Gasteiger partial charge in [-0.25, -0.2) is 9.37 Å². The number of nitrogens with zero attached hydrogens (tertiary/aromatic N) is 2. The number of benzene rings is 2. The second-order valence-corrected chi connectivity index (χ2v) is 11.3. The molecule has 3 N–H and O–H groups in total. The summed E-state index contributed by atoms with van der Waals surface area (Å²) in [5, 5.41) is 9.52. The third kappa shape index (κ3) is 8.64. The normalized spacial score (nSPS) is 17.2.